The van der Waals surface area contributed by atoms with Crippen LogP contribution in [0.5, 0.6) is 5.75 Å². The van der Waals surface area contributed by atoms with Crippen LogP contribution >= 0.6 is 11.3 Å². The van der Waals surface area contributed by atoms with Crippen LogP contribution in [0.2, 0.25) is 0 Å². The topological polar surface area (TPSA) is 61.9 Å². The number of nitrogens with zero attached hydrogens (tertiary/aromatic N) is 2. The molecule has 1 N–H and O–H groups in total. The number of amides is 2. The number of hydrogen-bond donors (Lipinski definition) is 1. The van der Waals surface area contributed by atoms with Gasteiger partial charge < -0.3 is 15.0 Å². The van der Waals surface area contributed by atoms with Gasteiger partial charge in [0.05, 0.1) is 13.2 Å². The van der Waals surface area contributed by atoms with Gasteiger partial charge >= 0.3 is 0 Å². The minimum atomic E-state index is -0.191. The molecule has 1 aromatic heterocycles. The summed E-state index contributed by atoms with van der Waals surface area (Å²) in [4.78, 5) is 28.5. The van der Waals surface area contributed by atoms with Crippen molar-refractivity contribution in [3.05, 3.63) is 51.7 Å². The molecule has 0 saturated carbocycles. The molecule has 27 heavy (non-hydrogen) atoms. The zero-order chi connectivity index (χ0) is 18.6. The highest BCUT2D eigenvalue weighted by molar-refractivity contribution is 7.08. The number of hydrogen-bond acceptors (Lipinski definition) is 5. The van der Waals surface area contributed by atoms with Gasteiger partial charge in [-0.1, -0.05) is 12.1 Å². The number of ether oxygens (including phenoxy) is 1. The molecule has 0 spiro atoms. The van der Waals surface area contributed by atoms with E-state index in [-0.39, 0.29) is 18.4 Å². The van der Waals surface area contributed by atoms with Crippen molar-refractivity contribution in [3.8, 4) is 5.75 Å². The summed E-state index contributed by atoms with van der Waals surface area (Å²) in [6, 6.07) is 8.18. The minimum absolute atomic E-state index is 0.0205. The molecule has 4 rings (SSSR count). The first-order chi connectivity index (χ1) is 13.2. The smallest absolute Gasteiger partial charge is 0.252 e. The van der Waals surface area contributed by atoms with Crippen LogP contribution in [-0.2, 0) is 17.8 Å². The van der Waals surface area contributed by atoms with E-state index in [0.717, 1.165) is 38.4 Å². The maximum absolute atomic E-state index is 12.3. The summed E-state index contributed by atoms with van der Waals surface area (Å²) >= 11 is 1.47. The normalized spacial score (nSPS) is 16.7. The van der Waals surface area contributed by atoms with Gasteiger partial charge in [-0.2, -0.15) is 11.3 Å². The Morgan fingerprint density at radius 3 is 2.78 bits per heavy atom. The molecule has 142 valence electrons. The van der Waals surface area contributed by atoms with Gasteiger partial charge in [0.1, 0.15) is 5.75 Å². The maximum atomic E-state index is 12.3. The van der Waals surface area contributed by atoms with Crippen molar-refractivity contribution in [3.63, 3.8) is 0 Å². The summed E-state index contributed by atoms with van der Waals surface area (Å²) in [5, 5.41) is 6.34. The van der Waals surface area contributed by atoms with Crippen molar-refractivity contribution in [2.24, 2.45) is 0 Å². The molecule has 0 aliphatic carbocycles. The van der Waals surface area contributed by atoms with E-state index in [9.17, 15) is 9.59 Å². The first-order valence-electron chi connectivity index (χ1n) is 9.24. The Kier molecular flexibility index (Phi) is 5.40. The van der Waals surface area contributed by atoms with E-state index in [1.165, 1.54) is 22.5 Å². The quantitative estimate of drug-likeness (QED) is 0.852. The summed E-state index contributed by atoms with van der Waals surface area (Å²) in [5.41, 5.74) is 3.20. The summed E-state index contributed by atoms with van der Waals surface area (Å²) in [6.45, 7) is 4.81. The average molecular weight is 385 g/mol. The number of carbonyl (C=O) groups is 2. The summed E-state index contributed by atoms with van der Waals surface area (Å²) in [5.74, 6) is 0.801. The molecule has 2 aromatic rings. The molecule has 0 atom stereocenters. The molecule has 2 amide bonds. The molecule has 1 aromatic carbocycles. The second kappa shape index (κ2) is 8.10. The van der Waals surface area contributed by atoms with Gasteiger partial charge in [0.2, 0.25) is 5.91 Å². The highest BCUT2D eigenvalue weighted by Crippen LogP contribution is 2.26. The third-order valence-electron chi connectivity index (χ3n) is 5.07. The number of fused-ring (bicyclic) bond motifs is 1. The Morgan fingerprint density at radius 2 is 2.00 bits per heavy atom. The first-order valence-corrected chi connectivity index (χ1v) is 10.2. The van der Waals surface area contributed by atoms with E-state index in [1.807, 2.05) is 10.3 Å². The van der Waals surface area contributed by atoms with Crippen molar-refractivity contribution in [2.75, 3.05) is 39.3 Å². The van der Waals surface area contributed by atoms with Gasteiger partial charge in [0.25, 0.3) is 5.91 Å². The maximum Gasteiger partial charge on any atom is 0.252 e. The molecule has 7 heteroatoms. The molecule has 2 aliphatic rings. The largest absolute Gasteiger partial charge is 0.493 e. The second-order valence-corrected chi connectivity index (χ2v) is 7.67. The Hall–Kier alpha value is -2.38. The third kappa shape index (κ3) is 4.31. The van der Waals surface area contributed by atoms with E-state index in [2.05, 4.69) is 28.4 Å². The van der Waals surface area contributed by atoms with E-state index in [1.54, 1.807) is 11.4 Å². The van der Waals surface area contributed by atoms with Crippen LogP contribution < -0.4 is 10.1 Å². The fourth-order valence-corrected chi connectivity index (χ4v) is 4.15. The van der Waals surface area contributed by atoms with Crippen LogP contribution in [0.4, 0.5) is 0 Å². The molecule has 1 fully saturated rings. The van der Waals surface area contributed by atoms with Crippen molar-refractivity contribution in [1.82, 2.24) is 15.1 Å². The minimum Gasteiger partial charge on any atom is -0.493 e. The number of nitrogens with one attached hydrogen (secondary N) is 1. The monoisotopic (exact) mass is 385 g/mol. The summed E-state index contributed by atoms with van der Waals surface area (Å²) in [6.07, 6.45) is 0.989. The molecule has 0 radical (unpaired) electrons. The lowest BCUT2D eigenvalue weighted by Gasteiger charge is -2.34. The first kappa shape index (κ1) is 18.0. The van der Waals surface area contributed by atoms with E-state index in [0.29, 0.717) is 18.7 Å². The van der Waals surface area contributed by atoms with Crippen molar-refractivity contribution in [2.45, 2.75) is 13.0 Å². The van der Waals surface area contributed by atoms with Crippen molar-refractivity contribution >= 4 is 23.2 Å². The van der Waals surface area contributed by atoms with Crippen molar-refractivity contribution in [1.29, 1.82) is 0 Å². The fourth-order valence-electron chi connectivity index (χ4n) is 3.52. The number of rotatable bonds is 5. The highest BCUT2D eigenvalue weighted by Gasteiger charge is 2.22. The van der Waals surface area contributed by atoms with Crippen LogP contribution in [0.3, 0.4) is 0 Å². The van der Waals surface area contributed by atoms with Crippen molar-refractivity contribution < 1.29 is 14.3 Å². The van der Waals surface area contributed by atoms with Crippen LogP contribution in [0.15, 0.2) is 35.0 Å². The lowest BCUT2D eigenvalue weighted by atomic mass is 10.1. The Balaban J connectivity index is 1.22. The van der Waals surface area contributed by atoms with Gasteiger partial charge in [-0.15, -0.1) is 0 Å². The predicted molar refractivity (Wildman–Crippen MR) is 104 cm³/mol. The predicted octanol–water partition coefficient (Wildman–Crippen LogP) is 1.76. The highest BCUT2D eigenvalue weighted by atomic mass is 32.1. The Bertz CT molecular complexity index is 814. The SMILES string of the molecule is O=C(NCC(=O)N1CCN(Cc2ccc3c(c2)CCO3)CC1)c1ccsc1. The second-order valence-electron chi connectivity index (χ2n) is 6.89. The molecule has 6 nitrogen and oxygen atoms in total. The zero-order valence-electron chi connectivity index (χ0n) is 15.1. The summed E-state index contributed by atoms with van der Waals surface area (Å²) in [7, 11) is 0. The lowest BCUT2D eigenvalue weighted by Crippen LogP contribution is -2.50. The number of thiophene rings is 1. The molecule has 1 saturated heterocycles. The Labute approximate surface area is 162 Å². The zero-order valence-corrected chi connectivity index (χ0v) is 16.0. The summed E-state index contributed by atoms with van der Waals surface area (Å²) < 4.78 is 5.56. The molecule has 0 unspecified atom stereocenters. The lowest BCUT2D eigenvalue weighted by molar-refractivity contribution is -0.131. The van der Waals surface area contributed by atoms with Crippen LogP contribution in [0.1, 0.15) is 21.5 Å². The van der Waals surface area contributed by atoms with E-state index in [4.69, 9.17) is 4.74 Å². The molecule has 2 aliphatic heterocycles. The van der Waals surface area contributed by atoms with Gasteiger partial charge in [0.15, 0.2) is 0 Å². The van der Waals surface area contributed by atoms with Gasteiger partial charge in [-0.3, -0.25) is 14.5 Å². The van der Waals surface area contributed by atoms with Crippen LogP contribution in [0.25, 0.3) is 0 Å². The van der Waals surface area contributed by atoms with E-state index >= 15 is 0 Å². The average Bonchev–Trinajstić information content (AvgIpc) is 3.38. The van der Waals surface area contributed by atoms with Crippen LogP contribution in [-0.4, -0.2) is 60.9 Å². The third-order valence-corrected chi connectivity index (χ3v) is 5.75. The number of benzene rings is 1. The van der Waals surface area contributed by atoms with Gasteiger partial charge in [-0.25, -0.2) is 0 Å². The number of piperazine rings is 1. The Morgan fingerprint density at radius 1 is 1.15 bits per heavy atom. The van der Waals surface area contributed by atoms with E-state index < -0.39 is 0 Å². The van der Waals surface area contributed by atoms with Crippen LogP contribution in [0, 0.1) is 0 Å². The molecular weight excluding hydrogens is 362 g/mol. The van der Waals surface area contributed by atoms with Gasteiger partial charge in [-0.05, 0) is 28.6 Å². The molecule has 0 bridgehead atoms. The van der Waals surface area contributed by atoms with Gasteiger partial charge in [0, 0.05) is 50.1 Å². The fraction of sp³-hybridized carbons (Fsp3) is 0.400. The standard InChI is InChI=1S/C20H23N3O3S/c24-19(12-21-20(25)17-4-10-27-14-17)23-7-5-22(6-8-23)13-15-1-2-18-16(11-15)3-9-26-18/h1-2,4,10-11,14H,3,5-9,12-13H2,(H,21,25). The molecule has 3 heterocycles. The number of carbonyl (C=O) groups excluding carboxylic acids is 2. The molecular formula is C20H23N3O3S.